The Bertz CT molecular complexity index is 1040. The summed E-state index contributed by atoms with van der Waals surface area (Å²) in [5.74, 6) is 0.351. The van der Waals surface area contributed by atoms with Crippen molar-refractivity contribution < 1.29 is 28.5 Å². The average Bonchev–Trinajstić information content (AvgIpc) is 2.67. The number of para-hydroxylation sites is 2. The number of phenols is 1. The summed E-state index contributed by atoms with van der Waals surface area (Å²) in [6, 6.07) is 11.3. The first-order chi connectivity index (χ1) is 13.0. The number of ether oxygens (including phenoxy) is 3. The fraction of sp³-hybridized carbons (Fsp3) is 0.200. The molecule has 7 nitrogen and oxygen atoms in total. The zero-order valence-electron chi connectivity index (χ0n) is 14.9. The number of hydrogen-bond donors (Lipinski definition) is 1. The highest BCUT2D eigenvalue weighted by Crippen LogP contribution is 2.28. The second-order valence-corrected chi connectivity index (χ2v) is 5.78. The molecule has 27 heavy (non-hydrogen) atoms. The molecule has 0 saturated carbocycles. The Hall–Kier alpha value is -3.48. The number of methoxy groups -OCH3 is 1. The van der Waals surface area contributed by atoms with E-state index >= 15 is 0 Å². The number of hydrogen-bond acceptors (Lipinski definition) is 7. The molecular formula is C20H18O7. The molecule has 1 aromatic heterocycles. The van der Waals surface area contributed by atoms with E-state index in [-0.39, 0.29) is 24.5 Å². The molecule has 0 radical (unpaired) electrons. The van der Waals surface area contributed by atoms with Crippen molar-refractivity contribution in [1.82, 2.24) is 0 Å². The number of rotatable bonds is 6. The fourth-order valence-corrected chi connectivity index (χ4v) is 2.61. The van der Waals surface area contributed by atoms with Crippen LogP contribution in [0.15, 0.2) is 51.7 Å². The van der Waals surface area contributed by atoms with Gasteiger partial charge in [0.2, 0.25) is 0 Å². The van der Waals surface area contributed by atoms with Crippen LogP contribution in [0.3, 0.4) is 0 Å². The Balaban J connectivity index is 1.70. The minimum Gasteiger partial charge on any atom is -0.508 e. The van der Waals surface area contributed by atoms with Gasteiger partial charge in [0.25, 0.3) is 0 Å². The van der Waals surface area contributed by atoms with E-state index in [1.807, 2.05) is 0 Å². The normalized spacial score (nSPS) is 10.6. The first kappa shape index (κ1) is 18.3. The number of carbonyl (C=O) groups excluding carboxylic acids is 1. The minimum atomic E-state index is -0.599. The standard InChI is InChI=1S/C20H18O7/c1-12-15(21)8-7-14-13(9-18(22)27-20(12)14)10-26-19(23)11-25-17-6-4-3-5-16(17)24-2/h3-9,21H,10-11H2,1-2H3. The van der Waals surface area contributed by atoms with Gasteiger partial charge in [-0.05, 0) is 31.2 Å². The summed E-state index contributed by atoms with van der Waals surface area (Å²) in [5, 5.41) is 10.4. The summed E-state index contributed by atoms with van der Waals surface area (Å²) in [6.45, 7) is 1.21. The van der Waals surface area contributed by atoms with Crippen molar-refractivity contribution in [1.29, 1.82) is 0 Å². The highest BCUT2D eigenvalue weighted by Gasteiger charge is 2.13. The van der Waals surface area contributed by atoms with Gasteiger partial charge in [0.1, 0.15) is 17.9 Å². The molecule has 0 aliphatic heterocycles. The number of esters is 1. The molecule has 3 rings (SSSR count). The molecule has 0 bridgehead atoms. The number of benzene rings is 2. The molecule has 140 valence electrons. The maximum Gasteiger partial charge on any atom is 0.344 e. The molecule has 0 amide bonds. The van der Waals surface area contributed by atoms with Gasteiger partial charge in [-0.2, -0.15) is 0 Å². The number of phenolic OH excluding ortho intramolecular Hbond substituents is 1. The van der Waals surface area contributed by atoms with Crippen molar-refractivity contribution in [3.8, 4) is 17.2 Å². The lowest BCUT2D eigenvalue weighted by Crippen LogP contribution is -2.15. The van der Waals surface area contributed by atoms with Crippen LogP contribution in [0.2, 0.25) is 0 Å². The Morgan fingerprint density at radius 1 is 1.15 bits per heavy atom. The van der Waals surface area contributed by atoms with E-state index in [0.717, 1.165) is 0 Å². The number of carbonyl (C=O) groups is 1. The minimum absolute atomic E-state index is 0.0185. The highest BCUT2D eigenvalue weighted by atomic mass is 16.6. The Labute approximate surface area is 154 Å². The van der Waals surface area contributed by atoms with Crippen molar-refractivity contribution in [3.63, 3.8) is 0 Å². The van der Waals surface area contributed by atoms with Crippen LogP contribution in [0.25, 0.3) is 11.0 Å². The quantitative estimate of drug-likeness (QED) is 0.526. The molecule has 0 saturated heterocycles. The molecule has 0 aliphatic rings. The smallest absolute Gasteiger partial charge is 0.344 e. The van der Waals surface area contributed by atoms with Crippen LogP contribution in [-0.2, 0) is 16.1 Å². The molecule has 0 spiro atoms. The van der Waals surface area contributed by atoms with Gasteiger partial charge in [0.15, 0.2) is 18.1 Å². The van der Waals surface area contributed by atoms with Crippen LogP contribution in [0, 0.1) is 6.92 Å². The van der Waals surface area contributed by atoms with Gasteiger partial charge >= 0.3 is 11.6 Å². The number of aryl methyl sites for hydroxylation is 1. The maximum atomic E-state index is 12.0. The van der Waals surface area contributed by atoms with Crippen LogP contribution < -0.4 is 15.1 Å². The van der Waals surface area contributed by atoms with Crippen molar-refractivity contribution >= 4 is 16.9 Å². The maximum absolute atomic E-state index is 12.0. The van der Waals surface area contributed by atoms with Crippen molar-refractivity contribution in [3.05, 3.63) is 64.0 Å². The largest absolute Gasteiger partial charge is 0.508 e. The van der Waals surface area contributed by atoms with Crippen molar-refractivity contribution in [2.45, 2.75) is 13.5 Å². The number of aromatic hydroxyl groups is 1. The summed E-state index contributed by atoms with van der Waals surface area (Å²) in [7, 11) is 1.51. The van der Waals surface area contributed by atoms with Crippen LogP contribution in [-0.4, -0.2) is 24.8 Å². The SMILES string of the molecule is COc1ccccc1OCC(=O)OCc1cc(=O)oc2c(C)c(O)ccc12. The van der Waals surface area contributed by atoms with Crippen LogP contribution in [0.4, 0.5) is 0 Å². The van der Waals surface area contributed by atoms with Crippen molar-refractivity contribution in [2.75, 3.05) is 13.7 Å². The Morgan fingerprint density at radius 3 is 2.63 bits per heavy atom. The van der Waals surface area contributed by atoms with Gasteiger partial charge in [-0.15, -0.1) is 0 Å². The van der Waals surface area contributed by atoms with Gasteiger partial charge in [-0.3, -0.25) is 0 Å². The van der Waals surface area contributed by atoms with Gasteiger partial charge in [-0.1, -0.05) is 12.1 Å². The molecule has 1 N–H and O–H groups in total. The fourth-order valence-electron chi connectivity index (χ4n) is 2.61. The van der Waals surface area contributed by atoms with Crippen molar-refractivity contribution in [2.24, 2.45) is 0 Å². The lowest BCUT2D eigenvalue weighted by atomic mass is 10.1. The molecule has 3 aromatic rings. The zero-order chi connectivity index (χ0) is 19.4. The van der Waals surface area contributed by atoms with E-state index in [1.165, 1.54) is 19.2 Å². The molecule has 0 atom stereocenters. The second-order valence-electron chi connectivity index (χ2n) is 5.78. The zero-order valence-corrected chi connectivity index (χ0v) is 14.9. The third-order valence-electron chi connectivity index (χ3n) is 4.02. The van der Waals surface area contributed by atoms with E-state index in [1.54, 1.807) is 37.3 Å². The number of fused-ring (bicyclic) bond motifs is 1. The van der Waals surface area contributed by atoms with Gasteiger partial charge < -0.3 is 23.7 Å². The summed E-state index contributed by atoms with van der Waals surface area (Å²) >= 11 is 0. The molecule has 1 heterocycles. The molecular weight excluding hydrogens is 352 g/mol. The van der Waals surface area contributed by atoms with E-state index in [9.17, 15) is 14.7 Å². The topological polar surface area (TPSA) is 95.2 Å². The molecule has 7 heteroatoms. The van der Waals surface area contributed by atoms with Crippen LogP contribution in [0.5, 0.6) is 17.2 Å². The van der Waals surface area contributed by atoms with Gasteiger partial charge in [0.05, 0.1) is 7.11 Å². The third-order valence-corrected chi connectivity index (χ3v) is 4.02. The van der Waals surface area contributed by atoms with Gasteiger partial charge in [-0.25, -0.2) is 9.59 Å². The average molecular weight is 370 g/mol. The monoisotopic (exact) mass is 370 g/mol. The lowest BCUT2D eigenvalue weighted by Gasteiger charge is -2.11. The lowest BCUT2D eigenvalue weighted by molar-refractivity contribution is -0.147. The summed E-state index contributed by atoms with van der Waals surface area (Å²) in [5.41, 5.74) is 0.596. The Morgan fingerprint density at radius 2 is 1.89 bits per heavy atom. The second kappa shape index (κ2) is 7.82. The molecule has 2 aromatic carbocycles. The molecule has 0 fully saturated rings. The summed E-state index contributed by atoms with van der Waals surface area (Å²) < 4.78 is 20.9. The van der Waals surface area contributed by atoms with E-state index in [2.05, 4.69) is 0 Å². The highest BCUT2D eigenvalue weighted by molar-refractivity contribution is 5.85. The van der Waals surface area contributed by atoms with E-state index in [4.69, 9.17) is 18.6 Å². The predicted octanol–water partition coefficient (Wildman–Crippen LogP) is 2.94. The van der Waals surface area contributed by atoms with E-state index < -0.39 is 11.6 Å². The molecule has 0 aliphatic carbocycles. The van der Waals surface area contributed by atoms with Crippen LogP contribution >= 0.6 is 0 Å². The third kappa shape index (κ3) is 4.03. The predicted molar refractivity (Wildman–Crippen MR) is 97.2 cm³/mol. The van der Waals surface area contributed by atoms with Crippen LogP contribution in [0.1, 0.15) is 11.1 Å². The van der Waals surface area contributed by atoms with E-state index in [0.29, 0.717) is 28.0 Å². The molecule has 0 unspecified atom stereocenters. The first-order valence-electron chi connectivity index (χ1n) is 8.16. The first-order valence-corrected chi connectivity index (χ1v) is 8.16. The summed E-state index contributed by atoms with van der Waals surface area (Å²) in [6.07, 6.45) is 0. The summed E-state index contributed by atoms with van der Waals surface area (Å²) in [4.78, 5) is 23.8. The van der Waals surface area contributed by atoms with Gasteiger partial charge in [0, 0.05) is 22.6 Å². The Kier molecular flexibility index (Phi) is 5.30.